The van der Waals surface area contributed by atoms with Crippen LogP contribution in [0.25, 0.3) is 0 Å². The van der Waals surface area contributed by atoms with Crippen LogP contribution >= 0.6 is 12.2 Å². The second-order valence-corrected chi connectivity index (χ2v) is 6.54. The van der Waals surface area contributed by atoms with E-state index in [0.29, 0.717) is 22.6 Å². The van der Waals surface area contributed by atoms with Gasteiger partial charge in [0.1, 0.15) is 0 Å². The number of nitrogens with zero attached hydrogens (tertiary/aromatic N) is 1. The molecule has 0 unspecified atom stereocenters. The first-order valence-corrected chi connectivity index (χ1v) is 7.42. The fourth-order valence-corrected chi connectivity index (χ4v) is 3.79. The molecule has 0 aliphatic carbocycles. The molecule has 2 rings (SSSR count). The third-order valence-electron chi connectivity index (χ3n) is 2.74. The Hall–Kier alpha value is -1.47. The van der Waals surface area contributed by atoms with E-state index < -0.39 is 9.84 Å². The van der Waals surface area contributed by atoms with Crippen LogP contribution in [0.3, 0.4) is 0 Å². The molecule has 0 bridgehead atoms. The van der Waals surface area contributed by atoms with E-state index in [2.05, 4.69) is 22.7 Å². The molecule has 0 saturated heterocycles. The number of nitrogens with two attached hydrogens (primary N) is 1. The summed E-state index contributed by atoms with van der Waals surface area (Å²) in [6.07, 6.45) is 0.356. The molecule has 96 valence electrons. The van der Waals surface area contributed by atoms with Gasteiger partial charge < -0.3 is 5.73 Å². The number of sulfone groups is 1. The van der Waals surface area contributed by atoms with Gasteiger partial charge in [-0.3, -0.25) is 5.43 Å². The highest BCUT2D eigenvalue weighted by molar-refractivity contribution is 7.91. The number of thiocarbonyl (C=S) groups is 1. The molecular formula is C11H13N3O2S2. The van der Waals surface area contributed by atoms with Crippen molar-refractivity contribution in [2.45, 2.75) is 18.2 Å². The summed E-state index contributed by atoms with van der Waals surface area (Å²) < 4.78 is 24.1. The van der Waals surface area contributed by atoms with Crippen molar-refractivity contribution in [2.24, 2.45) is 10.8 Å². The van der Waals surface area contributed by atoms with Crippen molar-refractivity contribution < 1.29 is 8.42 Å². The van der Waals surface area contributed by atoms with Crippen LogP contribution in [-0.2, 0) is 9.84 Å². The number of rotatable bonds is 1. The molecule has 0 fully saturated rings. The third-order valence-corrected chi connectivity index (χ3v) is 4.74. The lowest BCUT2D eigenvalue weighted by atomic mass is 10.0. The zero-order valence-electron chi connectivity index (χ0n) is 9.80. The van der Waals surface area contributed by atoms with E-state index in [9.17, 15) is 8.42 Å². The predicted octanol–water partition coefficient (Wildman–Crippen LogP) is 0.710. The minimum absolute atomic E-state index is 0.0582. The van der Waals surface area contributed by atoms with Crippen LogP contribution in [0.2, 0.25) is 0 Å². The molecule has 0 amide bonds. The van der Waals surface area contributed by atoms with Crippen LogP contribution in [0.15, 0.2) is 28.2 Å². The number of hydrogen-bond donors (Lipinski definition) is 2. The van der Waals surface area contributed by atoms with E-state index in [1.807, 2.05) is 6.07 Å². The smallest absolute Gasteiger partial charge is 0.184 e. The summed E-state index contributed by atoms with van der Waals surface area (Å²) in [6.45, 7) is 1.78. The van der Waals surface area contributed by atoms with Gasteiger partial charge in [0.2, 0.25) is 0 Å². The van der Waals surface area contributed by atoms with Crippen molar-refractivity contribution >= 4 is 32.9 Å². The van der Waals surface area contributed by atoms with Crippen LogP contribution in [0.4, 0.5) is 0 Å². The molecule has 18 heavy (non-hydrogen) atoms. The van der Waals surface area contributed by atoms with E-state index in [1.54, 1.807) is 19.1 Å². The van der Waals surface area contributed by atoms with Gasteiger partial charge in [0.15, 0.2) is 14.9 Å². The van der Waals surface area contributed by atoms with E-state index in [0.717, 1.165) is 5.56 Å². The number of hydrogen-bond acceptors (Lipinski definition) is 4. The molecule has 0 saturated carbocycles. The first-order valence-electron chi connectivity index (χ1n) is 5.36. The average molecular weight is 283 g/mol. The highest BCUT2D eigenvalue weighted by Crippen LogP contribution is 2.28. The van der Waals surface area contributed by atoms with E-state index >= 15 is 0 Å². The first kappa shape index (κ1) is 13.0. The van der Waals surface area contributed by atoms with Gasteiger partial charge in [-0.15, -0.1) is 0 Å². The largest absolute Gasteiger partial charge is 0.375 e. The molecule has 0 spiro atoms. The standard InChI is InChI=1S/C11H13N3O2S2/c1-7-3-2-4-8-9(13-14-11(12)17)5-6-18(15,16)10(7)8/h2-4H,5-6H2,1H3,(H3,12,14,17). The van der Waals surface area contributed by atoms with Gasteiger partial charge in [-0.05, 0) is 24.7 Å². The molecule has 0 atom stereocenters. The van der Waals surface area contributed by atoms with Crippen molar-refractivity contribution in [3.05, 3.63) is 29.3 Å². The third kappa shape index (κ3) is 2.37. The Morgan fingerprint density at radius 3 is 2.89 bits per heavy atom. The van der Waals surface area contributed by atoms with Gasteiger partial charge in [-0.25, -0.2) is 8.42 Å². The zero-order chi connectivity index (χ0) is 13.3. The van der Waals surface area contributed by atoms with E-state index in [-0.39, 0.29) is 10.9 Å². The lowest BCUT2D eigenvalue weighted by Gasteiger charge is -2.19. The van der Waals surface area contributed by atoms with Crippen molar-refractivity contribution in [2.75, 3.05) is 5.75 Å². The van der Waals surface area contributed by atoms with Gasteiger partial charge in [-0.1, -0.05) is 18.2 Å². The number of aryl methyl sites for hydroxylation is 1. The molecule has 1 aromatic carbocycles. The lowest BCUT2D eigenvalue weighted by Crippen LogP contribution is -2.29. The Balaban J connectivity index is 2.58. The summed E-state index contributed by atoms with van der Waals surface area (Å²) in [5.41, 5.74) is 9.84. The summed E-state index contributed by atoms with van der Waals surface area (Å²) in [5, 5.41) is 4.13. The molecule has 5 nitrogen and oxygen atoms in total. The second-order valence-electron chi connectivity index (χ2n) is 4.06. The molecule has 1 aliphatic rings. The van der Waals surface area contributed by atoms with Crippen LogP contribution in [0.1, 0.15) is 17.5 Å². The molecule has 1 aromatic rings. The Labute approximate surface area is 111 Å². The molecule has 0 aromatic heterocycles. The predicted molar refractivity (Wildman–Crippen MR) is 74.3 cm³/mol. The van der Waals surface area contributed by atoms with Gasteiger partial charge >= 0.3 is 0 Å². The second kappa shape index (κ2) is 4.66. The average Bonchev–Trinajstić information content (AvgIpc) is 2.27. The van der Waals surface area contributed by atoms with E-state index in [4.69, 9.17) is 5.73 Å². The highest BCUT2D eigenvalue weighted by atomic mass is 32.2. The molecule has 3 N–H and O–H groups in total. The van der Waals surface area contributed by atoms with E-state index in [1.165, 1.54) is 0 Å². The molecule has 0 radical (unpaired) electrons. The fraction of sp³-hybridized carbons (Fsp3) is 0.273. The SMILES string of the molecule is Cc1cccc2c1S(=O)(=O)CCC2=NNC(N)=S. The maximum absolute atomic E-state index is 12.1. The first-order chi connectivity index (χ1) is 8.42. The zero-order valence-corrected chi connectivity index (χ0v) is 11.4. The van der Waals surface area contributed by atoms with Crippen molar-refractivity contribution in [3.63, 3.8) is 0 Å². The monoisotopic (exact) mass is 283 g/mol. The Kier molecular flexibility index (Phi) is 3.36. The number of hydrazone groups is 1. The number of fused-ring (bicyclic) bond motifs is 1. The summed E-state index contributed by atoms with van der Waals surface area (Å²) in [7, 11) is -3.22. The van der Waals surface area contributed by atoms with Crippen molar-refractivity contribution in [1.82, 2.24) is 5.43 Å². The maximum Gasteiger partial charge on any atom is 0.184 e. The quantitative estimate of drug-likeness (QED) is 0.586. The van der Waals surface area contributed by atoms with Crippen LogP contribution in [-0.4, -0.2) is 25.0 Å². The number of nitrogens with one attached hydrogen (secondary N) is 1. The number of benzene rings is 1. The lowest BCUT2D eigenvalue weighted by molar-refractivity contribution is 0.594. The Morgan fingerprint density at radius 2 is 2.22 bits per heavy atom. The normalized spacial score (nSPS) is 19.3. The summed E-state index contributed by atoms with van der Waals surface area (Å²) >= 11 is 4.67. The highest BCUT2D eigenvalue weighted by Gasteiger charge is 2.29. The van der Waals surface area contributed by atoms with Crippen LogP contribution in [0.5, 0.6) is 0 Å². The Bertz CT molecular complexity index is 636. The van der Waals surface area contributed by atoms with Crippen LogP contribution in [0, 0.1) is 6.92 Å². The van der Waals surface area contributed by atoms with Crippen LogP contribution < -0.4 is 11.2 Å². The van der Waals surface area contributed by atoms with Gasteiger partial charge in [0.25, 0.3) is 0 Å². The minimum Gasteiger partial charge on any atom is -0.375 e. The molecule has 1 aliphatic heterocycles. The fourth-order valence-electron chi connectivity index (χ4n) is 2.00. The maximum atomic E-state index is 12.1. The van der Waals surface area contributed by atoms with Crippen molar-refractivity contribution in [3.8, 4) is 0 Å². The minimum atomic E-state index is -3.22. The molecule has 7 heteroatoms. The summed E-state index contributed by atoms with van der Waals surface area (Å²) in [4.78, 5) is 0.361. The van der Waals surface area contributed by atoms with Gasteiger partial charge in [0.05, 0.1) is 16.4 Å². The molecule has 1 heterocycles. The van der Waals surface area contributed by atoms with Gasteiger partial charge in [-0.2, -0.15) is 5.10 Å². The summed E-state index contributed by atoms with van der Waals surface area (Å²) in [6, 6.07) is 5.34. The Morgan fingerprint density at radius 1 is 1.50 bits per heavy atom. The summed E-state index contributed by atoms with van der Waals surface area (Å²) in [5.74, 6) is 0.0582. The van der Waals surface area contributed by atoms with Crippen molar-refractivity contribution in [1.29, 1.82) is 0 Å². The van der Waals surface area contributed by atoms with Gasteiger partial charge in [0, 0.05) is 12.0 Å². The topological polar surface area (TPSA) is 84.5 Å². The molecular weight excluding hydrogens is 270 g/mol.